The van der Waals surface area contributed by atoms with E-state index in [0.717, 1.165) is 41.6 Å². The maximum absolute atomic E-state index is 10.3. The second-order valence-corrected chi connectivity index (χ2v) is 8.71. The Hall–Kier alpha value is -0.610. The van der Waals surface area contributed by atoms with Gasteiger partial charge in [0.05, 0.1) is 16.7 Å². The number of thiazole rings is 1. The van der Waals surface area contributed by atoms with Crippen molar-refractivity contribution in [2.24, 2.45) is 10.8 Å². The van der Waals surface area contributed by atoms with Gasteiger partial charge >= 0.3 is 0 Å². The third-order valence-electron chi connectivity index (χ3n) is 4.36. The molecule has 2 heterocycles. The van der Waals surface area contributed by atoms with E-state index in [2.05, 4.69) is 32.6 Å². The molecular formula is C15H24N2OS. The minimum atomic E-state index is -0.319. The predicted molar refractivity (Wildman–Crippen MR) is 79.8 cm³/mol. The SMILES string of the molecule is CC1(C)Cc2nc(N3CCC(C)(C)C3)sc2C(O)C1. The summed E-state index contributed by atoms with van der Waals surface area (Å²) < 4.78 is 0. The Morgan fingerprint density at radius 2 is 2.00 bits per heavy atom. The zero-order valence-electron chi connectivity index (χ0n) is 12.4. The summed E-state index contributed by atoms with van der Waals surface area (Å²) >= 11 is 1.71. The van der Waals surface area contributed by atoms with E-state index in [1.165, 1.54) is 6.42 Å². The van der Waals surface area contributed by atoms with Gasteiger partial charge in [-0.25, -0.2) is 4.98 Å². The Morgan fingerprint density at radius 1 is 1.26 bits per heavy atom. The highest BCUT2D eigenvalue weighted by atomic mass is 32.1. The molecule has 0 bridgehead atoms. The third kappa shape index (κ3) is 2.52. The first kappa shape index (κ1) is 13.4. The van der Waals surface area contributed by atoms with Gasteiger partial charge in [-0.3, -0.25) is 0 Å². The Bertz CT molecular complexity index is 492. The van der Waals surface area contributed by atoms with Gasteiger partial charge in [0.15, 0.2) is 5.13 Å². The summed E-state index contributed by atoms with van der Waals surface area (Å²) in [5, 5.41) is 11.4. The Labute approximate surface area is 119 Å². The number of aliphatic hydroxyl groups excluding tert-OH is 1. The van der Waals surface area contributed by atoms with Crippen molar-refractivity contribution >= 4 is 16.5 Å². The minimum absolute atomic E-state index is 0.169. The average Bonchev–Trinajstić information content (AvgIpc) is 2.79. The highest BCUT2D eigenvalue weighted by molar-refractivity contribution is 7.15. The molecule has 1 aromatic heterocycles. The molecule has 3 nitrogen and oxygen atoms in total. The van der Waals surface area contributed by atoms with Crippen molar-refractivity contribution in [2.45, 2.75) is 53.1 Å². The van der Waals surface area contributed by atoms with E-state index in [4.69, 9.17) is 4.98 Å². The molecule has 1 fully saturated rings. The van der Waals surface area contributed by atoms with Crippen LogP contribution < -0.4 is 4.90 Å². The lowest BCUT2D eigenvalue weighted by atomic mass is 9.77. The smallest absolute Gasteiger partial charge is 0.185 e. The second-order valence-electron chi connectivity index (χ2n) is 7.70. The Kier molecular flexibility index (Phi) is 2.95. The van der Waals surface area contributed by atoms with Crippen LogP contribution in [0.3, 0.4) is 0 Å². The van der Waals surface area contributed by atoms with Gasteiger partial charge in [0.2, 0.25) is 0 Å². The van der Waals surface area contributed by atoms with E-state index in [1.54, 1.807) is 11.3 Å². The van der Waals surface area contributed by atoms with E-state index >= 15 is 0 Å². The first-order valence-corrected chi connectivity index (χ1v) is 8.00. The highest BCUT2D eigenvalue weighted by Crippen LogP contribution is 2.45. The van der Waals surface area contributed by atoms with E-state index in [1.807, 2.05) is 0 Å². The van der Waals surface area contributed by atoms with Crippen molar-refractivity contribution in [3.63, 3.8) is 0 Å². The fourth-order valence-electron chi connectivity index (χ4n) is 3.29. The molecule has 2 aliphatic rings. The van der Waals surface area contributed by atoms with Crippen molar-refractivity contribution < 1.29 is 5.11 Å². The molecule has 1 aliphatic heterocycles. The molecule has 1 aromatic rings. The van der Waals surface area contributed by atoms with Crippen LogP contribution in [-0.4, -0.2) is 23.2 Å². The van der Waals surface area contributed by atoms with Crippen LogP contribution in [0.5, 0.6) is 0 Å². The topological polar surface area (TPSA) is 36.4 Å². The summed E-state index contributed by atoms with van der Waals surface area (Å²) in [5.41, 5.74) is 1.69. The first-order chi connectivity index (χ1) is 8.76. The first-order valence-electron chi connectivity index (χ1n) is 7.18. The van der Waals surface area contributed by atoms with Gasteiger partial charge in [-0.1, -0.05) is 39.0 Å². The van der Waals surface area contributed by atoms with Crippen molar-refractivity contribution in [3.05, 3.63) is 10.6 Å². The molecule has 1 N–H and O–H groups in total. The van der Waals surface area contributed by atoms with Crippen LogP contribution in [0.2, 0.25) is 0 Å². The maximum Gasteiger partial charge on any atom is 0.185 e. The molecule has 106 valence electrons. The van der Waals surface area contributed by atoms with Crippen LogP contribution >= 0.6 is 11.3 Å². The van der Waals surface area contributed by atoms with Crippen LogP contribution in [0.25, 0.3) is 0 Å². The normalized spacial score (nSPS) is 28.5. The quantitative estimate of drug-likeness (QED) is 0.856. The van der Waals surface area contributed by atoms with Crippen molar-refractivity contribution in [1.82, 2.24) is 4.98 Å². The molecule has 1 saturated heterocycles. The zero-order valence-corrected chi connectivity index (χ0v) is 13.2. The molecule has 0 spiro atoms. The number of nitrogens with zero attached hydrogens (tertiary/aromatic N) is 2. The number of anilines is 1. The zero-order chi connectivity index (χ0) is 13.8. The molecule has 3 rings (SSSR count). The lowest BCUT2D eigenvalue weighted by Gasteiger charge is -2.31. The summed E-state index contributed by atoms with van der Waals surface area (Å²) in [6.45, 7) is 11.3. The van der Waals surface area contributed by atoms with Crippen LogP contribution in [-0.2, 0) is 6.42 Å². The molecule has 1 atom stereocenters. The van der Waals surface area contributed by atoms with E-state index < -0.39 is 0 Å². The molecular weight excluding hydrogens is 256 g/mol. The standard InChI is InChI=1S/C15H24N2OS/c1-14(2)5-6-17(9-14)13-16-10-7-15(3,4)8-11(18)12(10)19-13/h11,18H,5-9H2,1-4H3. The van der Waals surface area contributed by atoms with Crippen LogP contribution in [0.15, 0.2) is 0 Å². The highest BCUT2D eigenvalue weighted by Gasteiger charge is 2.36. The summed E-state index contributed by atoms with van der Waals surface area (Å²) in [4.78, 5) is 8.33. The molecule has 19 heavy (non-hydrogen) atoms. The number of hydrogen-bond donors (Lipinski definition) is 1. The summed E-state index contributed by atoms with van der Waals surface area (Å²) in [6.07, 6.45) is 2.76. The Morgan fingerprint density at radius 3 is 2.63 bits per heavy atom. The van der Waals surface area contributed by atoms with Gasteiger partial charge in [-0.05, 0) is 30.1 Å². The lowest BCUT2D eigenvalue weighted by Crippen LogP contribution is -2.25. The van der Waals surface area contributed by atoms with Gasteiger partial charge < -0.3 is 10.0 Å². The molecule has 1 unspecified atom stereocenters. The van der Waals surface area contributed by atoms with E-state index in [0.29, 0.717) is 5.41 Å². The average molecular weight is 280 g/mol. The molecule has 0 aromatic carbocycles. The third-order valence-corrected chi connectivity index (χ3v) is 5.62. The summed E-state index contributed by atoms with van der Waals surface area (Å²) in [6, 6.07) is 0. The van der Waals surface area contributed by atoms with Crippen molar-refractivity contribution in [1.29, 1.82) is 0 Å². The van der Waals surface area contributed by atoms with E-state index in [9.17, 15) is 5.11 Å². The van der Waals surface area contributed by atoms with Crippen LogP contribution in [0.4, 0.5) is 5.13 Å². The van der Waals surface area contributed by atoms with Crippen LogP contribution in [0, 0.1) is 10.8 Å². The molecule has 0 radical (unpaired) electrons. The maximum atomic E-state index is 10.3. The minimum Gasteiger partial charge on any atom is -0.387 e. The van der Waals surface area contributed by atoms with Crippen LogP contribution in [0.1, 0.15) is 57.2 Å². The fourth-order valence-corrected chi connectivity index (χ4v) is 4.38. The van der Waals surface area contributed by atoms with Gasteiger partial charge in [0.25, 0.3) is 0 Å². The predicted octanol–water partition coefficient (Wildman–Crippen LogP) is 3.39. The summed E-state index contributed by atoms with van der Waals surface area (Å²) in [5.74, 6) is 0. The Balaban J connectivity index is 1.87. The number of rotatable bonds is 1. The van der Waals surface area contributed by atoms with Crippen molar-refractivity contribution in [3.8, 4) is 0 Å². The number of aromatic nitrogens is 1. The lowest BCUT2D eigenvalue weighted by molar-refractivity contribution is 0.102. The number of fused-ring (bicyclic) bond motifs is 1. The number of aliphatic hydroxyl groups is 1. The summed E-state index contributed by atoms with van der Waals surface area (Å²) in [7, 11) is 0. The number of hydrogen-bond acceptors (Lipinski definition) is 4. The van der Waals surface area contributed by atoms with Gasteiger partial charge in [0.1, 0.15) is 0 Å². The molecule has 1 aliphatic carbocycles. The van der Waals surface area contributed by atoms with Gasteiger partial charge in [0, 0.05) is 13.1 Å². The van der Waals surface area contributed by atoms with Gasteiger partial charge in [-0.15, -0.1) is 0 Å². The molecule has 0 amide bonds. The molecule has 4 heteroatoms. The second kappa shape index (κ2) is 4.19. The van der Waals surface area contributed by atoms with E-state index in [-0.39, 0.29) is 11.5 Å². The molecule has 0 saturated carbocycles. The largest absolute Gasteiger partial charge is 0.387 e. The monoisotopic (exact) mass is 280 g/mol. The van der Waals surface area contributed by atoms with Crippen molar-refractivity contribution in [2.75, 3.05) is 18.0 Å². The van der Waals surface area contributed by atoms with Gasteiger partial charge in [-0.2, -0.15) is 0 Å². The fraction of sp³-hybridized carbons (Fsp3) is 0.800.